The van der Waals surface area contributed by atoms with E-state index in [0.29, 0.717) is 34.4 Å². The van der Waals surface area contributed by atoms with Gasteiger partial charge in [0.05, 0.1) is 5.75 Å². The predicted octanol–water partition coefficient (Wildman–Crippen LogP) is 3.41. The van der Waals surface area contributed by atoms with Crippen molar-refractivity contribution in [2.24, 2.45) is 5.73 Å². The molecule has 1 heterocycles. The molecular formula is C17H14FN3O2S. The second-order valence-corrected chi connectivity index (χ2v) is 6.05. The summed E-state index contributed by atoms with van der Waals surface area (Å²) in [4.78, 5) is 11.2. The molecule has 0 atom stereocenters. The van der Waals surface area contributed by atoms with Crippen LogP contribution in [0.4, 0.5) is 4.39 Å². The molecule has 3 rings (SSSR count). The molecule has 0 saturated carbocycles. The van der Waals surface area contributed by atoms with Gasteiger partial charge in [0, 0.05) is 16.9 Å². The van der Waals surface area contributed by atoms with Crippen LogP contribution in [0.25, 0.3) is 11.5 Å². The van der Waals surface area contributed by atoms with E-state index in [2.05, 4.69) is 10.2 Å². The van der Waals surface area contributed by atoms with Crippen molar-refractivity contribution >= 4 is 17.7 Å². The van der Waals surface area contributed by atoms with Crippen LogP contribution in [0.3, 0.4) is 0 Å². The first-order valence-corrected chi connectivity index (χ1v) is 8.32. The Kier molecular flexibility index (Phi) is 4.90. The third-order valence-electron chi connectivity index (χ3n) is 3.24. The van der Waals surface area contributed by atoms with Crippen LogP contribution in [-0.2, 0) is 11.5 Å². The fourth-order valence-corrected chi connectivity index (χ4v) is 2.93. The average molecular weight is 343 g/mol. The number of carbonyl (C=O) groups excluding carboxylic acids is 1. The van der Waals surface area contributed by atoms with Gasteiger partial charge in [-0.25, -0.2) is 4.39 Å². The molecule has 0 radical (unpaired) electrons. The standard InChI is InChI=1S/C17H14FN3O2S/c18-14-6-2-5-13(8-14)17-21-20-15(23-17)10-24-9-11-3-1-4-12(7-11)16(19)22/h1-8H,9-10H2,(H2,19,22). The van der Waals surface area contributed by atoms with Gasteiger partial charge in [-0.15, -0.1) is 22.0 Å². The van der Waals surface area contributed by atoms with Crippen LogP contribution in [0.15, 0.2) is 52.9 Å². The number of nitrogens with two attached hydrogens (primary N) is 1. The first kappa shape index (κ1) is 16.2. The summed E-state index contributed by atoms with van der Waals surface area (Å²) in [6.07, 6.45) is 0. The Morgan fingerprint density at radius 1 is 1.12 bits per heavy atom. The number of amides is 1. The van der Waals surface area contributed by atoms with Gasteiger partial charge < -0.3 is 10.2 Å². The van der Waals surface area contributed by atoms with Gasteiger partial charge in [-0.2, -0.15) is 0 Å². The second-order valence-electron chi connectivity index (χ2n) is 5.07. The van der Waals surface area contributed by atoms with Crippen LogP contribution in [0, 0.1) is 5.82 Å². The third-order valence-corrected chi connectivity index (χ3v) is 4.23. The SMILES string of the molecule is NC(=O)c1cccc(CSCc2nnc(-c3cccc(F)c3)o2)c1. The quantitative estimate of drug-likeness (QED) is 0.742. The molecule has 1 aromatic heterocycles. The lowest BCUT2D eigenvalue weighted by Gasteiger charge is -2.02. The van der Waals surface area contributed by atoms with Crippen molar-refractivity contribution in [3.63, 3.8) is 0 Å². The van der Waals surface area contributed by atoms with Gasteiger partial charge in [-0.05, 0) is 35.9 Å². The summed E-state index contributed by atoms with van der Waals surface area (Å²) >= 11 is 1.57. The Hall–Kier alpha value is -2.67. The van der Waals surface area contributed by atoms with E-state index in [9.17, 15) is 9.18 Å². The topological polar surface area (TPSA) is 82.0 Å². The van der Waals surface area contributed by atoms with Crippen LogP contribution in [0.5, 0.6) is 0 Å². The summed E-state index contributed by atoms with van der Waals surface area (Å²) in [7, 11) is 0. The Labute approximate surface area is 142 Å². The highest BCUT2D eigenvalue weighted by Crippen LogP contribution is 2.22. The maximum atomic E-state index is 13.2. The average Bonchev–Trinajstić information content (AvgIpc) is 3.04. The van der Waals surface area contributed by atoms with E-state index >= 15 is 0 Å². The maximum Gasteiger partial charge on any atom is 0.248 e. The molecule has 2 aromatic carbocycles. The van der Waals surface area contributed by atoms with Crippen molar-refractivity contribution in [2.75, 3.05) is 0 Å². The molecule has 0 aliphatic heterocycles. The molecular weight excluding hydrogens is 329 g/mol. The third kappa shape index (κ3) is 3.99. The van der Waals surface area contributed by atoms with Crippen LogP contribution < -0.4 is 5.73 Å². The van der Waals surface area contributed by atoms with Crippen LogP contribution in [0.1, 0.15) is 21.8 Å². The van der Waals surface area contributed by atoms with Crippen molar-refractivity contribution in [3.8, 4) is 11.5 Å². The Bertz CT molecular complexity index is 866. The number of nitrogens with zero attached hydrogens (tertiary/aromatic N) is 2. The number of rotatable bonds is 6. The molecule has 0 bridgehead atoms. The minimum absolute atomic E-state index is 0.292. The highest BCUT2D eigenvalue weighted by molar-refractivity contribution is 7.97. The molecule has 0 unspecified atom stereocenters. The summed E-state index contributed by atoms with van der Waals surface area (Å²) in [5, 5.41) is 7.90. The normalized spacial score (nSPS) is 10.7. The van der Waals surface area contributed by atoms with Gasteiger partial charge in [-0.3, -0.25) is 4.79 Å². The molecule has 1 amide bonds. The number of primary amides is 1. The number of halogens is 1. The minimum atomic E-state index is -0.446. The van der Waals surface area contributed by atoms with Crippen molar-refractivity contribution in [1.82, 2.24) is 10.2 Å². The van der Waals surface area contributed by atoms with E-state index < -0.39 is 5.91 Å². The monoisotopic (exact) mass is 343 g/mol. The molecule has 2 N–H and O–H groups in total. The van der Waals surface area contributed by atoms with Crippen molar-refractivity contribution in [1.29, 1.82) is 0 Å². The molecule has 7 heteroatoms. The van der Waals surface area contributed by atoms with Crippen LogP contribution in [0.2, 0.25) is 0 Å². The van der Waals surface area contributed by atoms with Crippen LogP contribution >= 0.6 is 11.8 Å². The number of hydrogen-bond acceptors (Lipinski definition) is 5. The Morgan fingerprint density at radius 2 is 1.96 bits per heavy atom. The van der Waals surface area contributed by atoms with Crippen molar-refractivity contribution in [3.05, 3.63) is 71.4 Å². The van der Waals surface area contributed by atoms with E-state index in [1.165, 1.54) is 12.1 Å². The Morgan fingerprint density at radius 3 is 2.75 bits per heavy atom. The molecule has 0 spiro atoms. The minimum Gasteiger partial charge on any atom is -0.420 e. The van der Waals surface area contributed by atoms with E-state index in [-0.39, 0.29) is 5.82 Å². The number of carbonyl (C=O) groups is 1. The largest absolute Gasteiger partial charge is 0.420 e. The van der Waals surface area contributed by atoms with Gasteiger partial charge in [0.25, 0.3) is 0 Å². The van der Waals surface area contributed by atoms with E-state index in [0.717, 1.165) is 5.56 Å². The molecule has 0 fully saturated rings. The number of aromatic nitrogens is 2. The molecule has 122 valence electrons. The summed E-state index contributed by atoms with van der Waals surface area (Å²) in [6.45, 7) is 0. The predicted molar refractivity (Wildman–Crippen MR) is 89.7 cm³/mol. The lowest BCUT2D eigenvalue weighted by atomic mass is 10.1. The smallest absolute Gasteiger partial charge is 0.248 e. The van der Waals surface area contributed by atoms with E-state index in [1.807, 2.05) is 6.07 Å². The molecule has 0 aliphatic carbocycles. The van der Waals surface area contributed by atoms with E-state index in [1.54, 1.807) is 42.1 Å². The maximum absolute atomic E-state index is 13.2. The Balaban J connectivity index is 1.60. The van der Waals surface area contributed by atoms with Crippen LogP contribution in [-0.4, -0.2) is 16.1 Å². The number of hydrogen-bond donors (Lipinski definition) is 1. The van der Waals surface area contributed by atoms with Gasteiger partial charge in [-0.1, -0.05) is 18.2 Å². The van der Waals surface area contributed by atoms with Crippen molar-refractivity contribution < 1.29 is 13.6 Å². The lowest BCUT2D eigenvalue weighted by molar-refractivity contribution is 0.1000. The number of thioether (sulfide) groups is 1. The zero-order valence-electron chi connectivity index (χ0n) is 12.6. The summed E-state index contributed by atoms with van der Waals surface area (Å²) in [6, 6.07) is 13.2. The van der Waals surface area contributed by atoms with Gasteiger partial charge >= 0.3 is 0 Å². The van der Waals surface area contributed by atoms with Gasteiger partial charge in [0.2, 0.25) is 17.7 Å². The molecule has 3 aromatic rings. The first-order chi connectivity index (χ1) is 11.6. The second kappa shape index (κ2) is 7.27. The van der Waals surface area contributed by atoms with Crippen molar-refractivity contribution in [2.45, 2.75) is 11.5 Å². The fraction of sp³-hybridized carbons (Fsp3) is 0.118. The molecule has 24 heavy (non-hydrogen) atoms. The summed E-state index contributed by atoms with van der Waals surface area (Å²) < 4.78 is 18.8. The zero-order chi connectivity index (χ0) is 16.9. The molecule has 0 aliphatic rings. The van der Waals surface area contributed by atoms with Gasteiger partial charge in [0.1, 0.15) is 5.82 Å². The van der Waals surface area contributed by atoms with Gasteiger partial charge in [0.15, 0.2) is 0 Å². The first-order valence-electron chi connectivity index (χ1n) is 7.16. The summed E-state index contributed by atoms with van der Waals surface area (Å²) in [5.74, 6) is 1.16. The summed E-state index contributed by atoms with van der Waals surface area (Å²) in [5.41, 5.74) is 7.29. The highest BCUT2D eigenvalue weighted by Gasteiger charge is 2.09. The molecule has 5 nitrogen and oxygen atoms in total. The molecule has 0 saturated heterocycles. The lowest BCUT2D eigenvalue weighted by Crippen LogP contribution is -2.10. The highest BCUT2D eigenvalue weighted by atomic mass is 32.2. The zero-order valence-corrected chi connectivity index (χ0v) is 13.4. The van der Waals surface area contributed by atoms with E-state index in [4.69, 9.17) is 10.2 Å². The number of benzene rings is 2. The fourth-order valence-electron chi connectivity index (χ4n) is 2.12.